The fraction of sp³-hybridized carbons (Fsp3) is 0.278. The normalized spacial score (nSPS) is 17.9. The summed E-state index contributed by atoms with van der Waals surface area (Å²) in [5.74, 6) is 0.710. The Morgan fingerprint density at radius 3 is 2.79 bits per heavy atom. The molecule has 1 amide bonds. The number of nitrogens with two attached hydrogens (primary N) is 2. The predicted octanol–water partition coefficient (Wildman–Crippen LogP) is 1.05. The van der Waals surface area contributed by atoms with E-state index >= 15 is 0 Å². The van der Waals surface area contributed by atoms with Crippen molar-refractivity contribution >= 4 is 23.4 Å². The van der Waals surface area contributed by atoms with Gasteiger partial charge >= 0.3 is 0 Å². The zero-order chi connectivity index (χ0) is 19.5. The first kappa shape index (κ1) is 17.9. The van der Waals surface area contributed by atoms with E-state index in [-0.39, 0.29) is 5.56 Å². The van der Waals surface area contributed by atoms with Crippen LogP contribution in [0.25, 0.3) is 5.69 Å². The van der Waals surface area contributed by atoms with Crippen LogP contribution in [-0.4, -0.2) is 43.5 Å². The van der Waals surface area contributed by atoms with Crippen molar-refractivity contribution in [2.24, 2.45) is 17.4 Å². The lowest BCUT2D eigenvalue weighted by molar-refractivity contribution is 0.100. The molecule has 28 heavy (non-hydrogen) atoms. The molecule has 2 atom stereocenters. The van der Waals surface area contributed by atoms with Gasteiger partial charge in [0.15, 0.2) is 0 Å². The van der Waals surface area contributed by atoms with Gasteiger partial charge in [0, 0.05) is 24.5 Å². The molecule has 1 aliphatic rings. The van der Waals surface area contributed by atoms with Gasteiger partial charge in [-0.3, -0.25) is 4.79 Å². The molecule has 1 aromatic carbocycles. The lowest BCUT2D eigenvalue weighted by Crippen LogP contribution is -2.17. The summed E-state index contributed by atoms with van der Waals surface area (Å²) in [6.07, 6.45) is 6.65. The Hall–Kier alpha value is -3.53. The first-order chi connectivity index (χ1) is 13.6. The van der Waals surface area contributed by atoms with Gasteiger partial charge in [-0.15, -0.1) is 0 Å². The molecule has 0 radical (unpaired) electrons. The number of amides is 1. The van der Waals surface area contributed by atoms with Crippen LogP contribution in [0, 0.1) is 5.92 Å². The summed E-state index contributed by atoms with van der Waals surface area (Å²) in [5.41, 5.74) is 13.0. The minimum Gasteiger partial charge on any atom is -0.365 e. The minimum absolute atomic E-state index is 0.206. The molecule has 1 aliphatic carbocycles. The van der Waals surface area contributed by atoms with Crippen molar-refractivity contribution in [1.29, 1.82) is 0 Å². The van der Waals surface area contributed by atoms with Crippen LogP contribution < -0.4 is 22.1 Å². The molecule has 0 bridgehead atoms. The highest BCUT2D eigenvalue weighted by Crippen LogP contribution is 2.31. The molecule has 3 aromatic rings. The Kier molecular flexibility index (Phi) is 4.85. The average molecular weight is 379 g/mol. The number of anilines is 3. The number of nitrogens with zero attached hydrogens (tertiary/aromatic N) is 5. The average Bonchev–Trinajstić information content (AvgIpc) is 3.15. The van der Waals surface area contributed by atoms with E-state index in [1.54, 1.807) is 12.4 Å². The van der Waals surface area contributed by atoms with Gasteiger partial charge in [0.05, 0.1) is 18.1 Å². The predicted molar refractivity (Wildman–Crippen MR) is 104 cm³/mol. The highest BCUT2D eigenvalue weighted by molar-refractivity contribution is 5.98. The number of hydrogen-bond donors (Lipinski definition) is 4. The van der Waals surface area contributed by atoms with Crippen molar-refractivity contribution in [3.8, 4) is 5.69 Å². The van der Waals surface area contributed by atoms with E-state index in [1.165, 1.54) is 11.0 Å². The van der Waals surface area contributed by atoms with Crippen LogP contribution >= 0.6 is 0 Å². The molecular formula is C18H21N9O. The van der Waals surface area contributed by atoms with Crippen molar-refractivity contribution in [3.05, 3.63) is 48.4 Å². The highest BCUT2D eigenvalue weighted by atomic mass is 16.1. The first-order valence-electron chi connectivity index (χ1n) is 9.00. The third-order valence-corrected chi connectivity index (χ3v) is 4.59. The summed E-state index contributed by atoms with van der Waals surface area (Å²) >= 11 is 0. The second-order valence-corrected chi connectivity index (χ2v) is 6.69. The van der Waals surface area contributed by atoms with Crippen LogP contribution in [0.2, 0.25) is 0 Å². The maximum Gasteiger partial charge on any atom is 0.254 e. The summed E-state index contributed by atoms with van der Waals surface area (Å²) in [5, 5.41) is 14.5. The second-order valence-electron chi connectivity index (χ2n) is 6.69. The minimum atomic E-state index is -0.608. The topological polar surface area (TPSA) is 150 Å². The Morgan fingerprint density at radius 1 is 1.29 bits per heavy atom. The van der Waals surface area contributed by atoms with Crippen LogP contribution in [0.1, 0.15) is 23.2 Å². The SMILES string of the molecule is NC(=O)c1cnc(NCC[C@@H]2C[C@H]2N)nc1Nc1cccc(-n2nccn2)c1. The molecule has 0 unspecified atom stereocenters. The summed E-state index contributed by atoms with van der Waals surface area (Å²) < 4.78 is 0. The third kappa shape index (κ3) is 4.07. The lowest BCUT2D eigenvalue weighted by atomic mass is 10.2. The van der Waals surface area contributed by atoms with E-state index in [0.717, 1.165) is 18.5 Å². The van der Waals surface area contributed by atoms with Gasteiger partial charge < -0.3 is 22.1 Å². The molecule has 6 N–H and O–H groups in total. The number of benzene rings is 1. The molecular weight excluding hydrogens is 358 g/mol. The molecule has 2 aromatic heterocycles. The van der Waals surface area contributed by atoms with E-state index in [1.807, 2.05) is 24.3 Å². The van der Waals surface area contributed by atoms with E-state index in [0.29, 0.717) is 36.0 Å². The van der Waals surface area contributed by atoms with Crippen LogP contribution in [0.15, 0.2) is 42.9 Å². The molecule has 0 spiro atoms. The number of carbonyl (C=O) groups excluding carboxylic acids is 1. The lowest BCUT2D eigenvalue weighted by Gasteiger charge is -2.12. The number of aromatic nitrogens is 5. The fourth-order valence-corrected chi connectivity index (χ4v) is 2.91. The van der Waals surface area contributed by atoms with Gasteiger partial charge in [-0.25, -0.2) is 4.98 Å². The van der Waals surface area contributed by atoms with Crippen LogP contribution in [-0.2, 0) is 0 Å². The third-order valence-electron chi connectivity index (χ3n) is 4.59. The molecule has 0 saturated heterocycles. The standard InChI is InChI=1S/C18H21N9O/c19-15-8-11(15)4-5-21-18-22-10-14(16(20)28)17(26-18)25-12-2-1-3-13(9-12)27-23-6-7-24-27/h1-3,6-7,9-11,15H,4-5,8,19H2,(H2,20,28)(H2,21,22,25,26)/t11-,15-/m1/s1. The number of primary amides is 1. The molecule has 0 aliphatic heterocycles. The summed E-state index contributed by atoms with van der Waals surface area (Å²) in [6.45, 7) is 0.716. The number of carbonyl (C=O) groups is 1. The van der Waals surface area contributed by atoms with Gasteiger partial charge in [-0.05, 0) is 37.0 Å². The number of nitrogens with one attached hydrogen (secondary N) is 2. The van der Waals surface area contributed by atoms with Crippen molar-refractivity contribution in [2.45, 2.75) is 18.9 Å². The summed E-state index contributed by atoms with van der Waals surface area (Å²) in [7, 11) is 0. The van der Waals surface area contributed by atoms with Crippen molar-refractivity contribution in [2.75, 3.05) is 17.2 Å². The molecule has 2 heterocycles. The van der Waals surface area contributed by atoms with E-state index in [2.05, 4.69) is 30.8 Å². The van der Waals surface area contributed by atoms with Crippen LogP contribution in [0.3, 0.4) is 0 Å². The summed E-state index contributed by atoms with van der Waals surface area (Å²) in [4.78, 5) is 21.9. The van der Waals surface area contributed by atoms with E-state index in [9.17, 15) is 4.79 Å². The molecule has 144 valence electrons. The fourth-order valence-electron chi connectivity index (χ4n) is 2.91. The second kappa shape index (κ2) is 7.61. The van der Waals surface area contributed by atoms with Crippen molar-refractivity contribution in [1.82, 2.24) is 25.0 Å². The molecule has 1 fully saturated rings. The molecule has 4 rings (SSSR count). The molecule has 1 saturated carbocycles. The maximum absolute atomic E-state index is 11.8. The highest BCUT2D eigenvalue weighted by Gasteiger charge is 2.32. The molecule has 10 heteroatoms. The monoisotopic (exact) mass is 379 g/mol. The summed E-state index contributed by atoms with van der Waals surface area (Å²) in [6, 6.07) is 7.73. The van der Waals surface area contributed by atoms with Crippen molar-refractivity contribution < 1.29 is 4.79 Å². The quantitative estimate of drug-likeness (QED) is 0.453. The Bertz CT molecular complexity index is 973. The number of rotatable bonds is 8. The smallest absolute Gasteiger partial charge is 0.254 e. The first-order valence-corrected chi connectivity index (χ1v) is 9.00. The zero-order valence-electron chi connectivity index (χ0n) is 15.1. The van der Waals surface area contributed by atoms with E-state index < -0.39 is 5.91 Å². The number of hydrogen-bond acceptors (Lipinski definition) is 8. The maximum atomic E-state index is 11.8. The Labute approximate surface area is 161 Å². The van der Waals surface area contributed by atoms with Gasteiger partial charge in [-0.1, -0.05) is 6.07 Å². The van der Waals surface area contributed by atoms with Crippen molar-refractivity contribution in [3.63, 3.8) is 0 Å². The van der Waals surface area contributed by atoms with Gasteiger partial charge in [0.1, 0.15) is 11.4 Å². The van der Waals surface area contributed by atoms with Gasteiger partial charge in [0.25, 0.3) is 5.91 Å². The van der Waals surface area contributed by atoms with Crippen LogP contribution in [0.4, 0.5) is 17.5 Å². The Morgan fingerprint density at radius 2 is 2.07 bits per heavy atom. The molecule has 10 nitrogen and oxygen atoms in total. The Balaban J connectivity index is 1.52. The van der Waals surface area contributed by atoms with Gasteiger partial charge in [-0.2, -0.15) is 20.0 Å². The van der Waals surface area contributed by atoms with E-state index in [4.69, 9.17) is 11.5 Å². The van der Waals surface area contributed by atoms with Crippen LogP contribution in [0.5, 0.6) is 0 Å². The largest absolute Gasteiger partial charge is 0.365 e. The van der Waals surface area contributed by atoms with Gasteiger partial charge in [0.2, 0.25) is 5.95 Å². The zero-order valence-corrected chi connectivity index (χ0v) is 15.1.